The maximum absolute atomic E-state index is 13.6. The highest BCUT2D eigenvalue weighted by atomic mass is 19.1. The van der Waals surface area contributed by atoms with Crippen molar-refractivity contribution in [2.75, 3.05) is 37.5 Å². The molecule has 0 aliphatic rings. The molecule has 0 fully saturated rings. The van der Waals surface area contributed by atoms with Crippen molar-refractivity contribution in [1.29, 1.82) is 0 Å². The fourth-order valence-electron chi connectivity index (χ4n) is 2.52. The summed E-state index contributed by atoms with van der Waals surface area (Å²) in [7, 11) is 1.86. The molecule has 0 saturated carbocycles. The third-order valence-corrected chi connectivity index (χ3v) is 3.83. The van der Waals surface area contributed by atoms with E-state index < -0.39 is 31.7 Å². The van der Waals surface area contributed by atoms with Crippen LogP contribution in [0, 0.1) is 0 Å². The van der Waals surface area contributed by atoms with Crippen molar-refractivity contribution in [2.45, 2.75) is 38.7 Å². The smallest absolute Gasteiger partial charge is 0.224 e. The molecule has 1 unspecified atom stereocenters. The lowest BCUT2D eigenvalue weighted by molar-refractivity contribution is -0.123. The van der Waals surface area contributed by atoms with Gasteiger partial charge in [-0.15, -0.1) is 0 Å². The summed E-state index contributed by atoms with van der Waals surface area (Å²) in [4.78, 5) is 14.6. The van der Waals surface area contributed by atoms with Crippen LogP contribution in [0.2, 0.25) is 0 Å². The normalized spacial score (nSPS) is 15.3. The Morgan fingerprint density at radius 2 is 2.16 bits per heavy atom. The van der Waals surface area contributed by atoms with E-state index in [-0.39, 0.29) is 5.95 Å². The van der Waals surface area contributed by atoms with Gasteiger partial charge in [-0.05, 0) is 13.3 Å². The third-order valence-electron chi connectivity index (χ3n) is 3.83. The predicted molar refractivity (Wildman–Crippen MR) is 91.9 cm³/mol. The Balaban J connectivity index is 2.44. The molecular formula is C15H25FN6O3. The van der Waals surface area contributed by atoms with Crippen molar-refractivity contribution in [1.82, 2.24) is 19.5 Å². The molecule has 9 nitrogen and oxygen atoms in total. The lowest BCUT2D eigenvalue weighted by Crippen LogP contribution is -2.33. The number of rotatable bonds is 9. The van der Waals surface area contributed by atoms with E-state index in [1.807, 2.05) is 18.9 Å². The van der Waals surface area contributed by atoms with Gasteiger partial charge < -0.3 is 25.6 Å². The highest BCUT2D eigenvalue weighted by Gasteiger charge is 2.25. The van der Waals surface area contributed by atoms with E-state index >= 15 is 0 Å². The van der Waals surface area contributed by atoms with Crippen LogP contribution >= 0.6 is 0 Å². The van der Waals surface area contributed by atoms with Crippen molar-refractivity contribution in [3.63, 3.8) is 0 Å². The molecule has 4 N–H and O–H groups in total. The van der Waals surface area contributed by atoms with Crippen molar-refractivity contribution in [3.05, 3.63) is 6.33 Å². The van der Waals surface area contributed by atoms with E-state index in [1.54, 1.807) is 0 Å². The van der Waals surface area contributed by atoms with E-state index in [2.05, 4.69) is 15.0 Å². The second-order valence-electron chi connectivity index (χ2n) is 5.86. The molecule has 0 radical (unpaired) electrons. The van der Waals surface area contributed by atoms with E-state index in [0.717, 1.165) is 13.0 Å². The minimum Gasteiger partial charge on any atom is -0.394 e. The second-order valence-corrected chi connectivity index (χ2v) is 5.86. The number of alkyl halides is 1. The van der Waals surface area contributed by atoms with Crippen LogP contribution in [0.15, 0.2) is 6.33 Å². The van der Waals surface area contributed by atoms with Crippen molar-refractivity contribution in [2.24, 2.45) is 0 Å². The van der Waals surface area contributed by atoms with Gasteiger partial charge in [0.25, 0.3) is 0 Å². The van der Waals surface area contributed by atoms with Gasteiger partial charge in [0.2, 0.25) is 5.95 Å². The second kappa shape index (κ2) is 8.37. The van der Waals surface area contributed by atoms with E-state index in [4.69, 9.17) is 10.5 Å². The maximum atomic E-state index is 13.6. The van der Waals surface area contributed by atoms with Gasteiger partial charge in [0, 0.05) is 13.6 Å². The SMILES string of the molecule is CCCN(C)c1nc(N)nc2c1ncn2[C@@H](CF)OC(CO)[C@H](C)O. The molecule has 0 aliphatic carbocycles. The quantitative estimate of drug-likeness (QED) is 0.593. The largest absolute Gasteiger partial charge is 0.394 e. The third kappa shape index (κ3) is 4.14. The Hall–Kier alpha value is -2.04. The molecule has 0 aliphatic heterocycles. The number of nitrogens with zero attached hydrogens (tertiary/aromatic N) is 5. The zero-order valence-electron chi connectivity index (χ0n) is 14.6. The first-order valence-electron chi connectivity index (χ1n) is 8.14. The summed E-state index contributed by atoms with van der Waals surface area (Å²) in [5.41, 5.74) is 6.61. The van der Waals surface area contributed by atoms with Gasteiger partial charge in [-0.3, -0.25) is 4.57 Å². The Bertz CT molecular complexity index is 695. The Labute approximate surface area is 145 Å². The van der Waals surface area contributed by atoms with Gasteiger partial charge in [-0.2, -0.15) is 9.97 Å². The van der Waals surface area contributed by atoms with Crippen LogP contribution in [0.4, 0.5) is 16.2 Å². The van der Waals surface area contributed by atoms with Gasteiger partial charge in [0.1, 0.15) is 12.8 Å². The maximum Gasteiger partial charge on any atom is 0.224 e. The number of fused-ring (bicyclic) bond motifs is 1. The highest BCUT2D eigenvalue weighted by Crippen LogP contribution is 2.26. The lowest BCUT2D eigenvalue weighted by Gasteiger charge is -2.24. The van der Waals surface area contributed by atoms with Crippen LogP contribution in [-0.4, -0.2) is 68.8 Å². The molecule has 2 aromatic heterocycles. The fraction of sp³-hybridized carbons (Fsp3) is 0.667. The monoisotopic (exact) mass is 356 g/mol. The lowest BCUT2D eigenvalue weighted by atomic mass is 10.2. The molecule has 0 amide bonds. The zero-order valence-corrected chi connectivity index (χ0v) is 14.6. The van der Waals surface area contributed by atoms with Crippen molar-refractivity contribution < 1.29 is 19.3 Å². The Morgan fingerprint density at radius 3 is 2.72 bits per heavy atom. The molecule has 0 bridgehead atoms. The number of nitrogens with two attached hydrogens (primary N) is 1. The number of ether oxygens (including phenoxy) is 1. The number of hydrogen-bond donors (Lipinski definition) is 3. The topological polar surface area (TPSA) is 123 Å². The predicted octanol–water partition coefficient (Wildman–Crippen LogP) is 0.481. The first-order valence-corrected chi connectivity index (χ1v) is 8.14. The van der Waals surface area contributed by atoms with Gasteiger partial charge in [0.15, 0.2) is 23.2 Å². The Kier molecular flexibility index (Phi) is 6.45. The molecular weight excluding hydrogens is 331 g/mol. The molecule has 0 saturated heterocycles. The Morgan fingerprint density at radius 1 is 1.44 bits per heavy atom. The summed E-state index contributed by atoms with van der Waals surface area (Å²) in [5.74, 6) is 0.592. The van der Waals surface area contributed by atoms with Crippen LogP contribution in [-0.2, 0) is 4.74 Å². The molecule has 25 heavy (non-hydrogen) atoms. The summed E-state index contributed by atoms with van der Waals surface area (Å²) in [6, 6.07) is 0. The number of nitrogen functional groups attached to an aromatic ring is 1. The molecule has 140 valence electrons. The average Bonchev–Trinajstić information content (AvgIpc) is 2.98. The van der Waals surface area contributed by atoms with Crippen molar-refractivity contribution in [3.8, 4) is 0 Å². The molecule has 0 aromatic carbocycles. The number of hydrogen-bond acceptors (Lipinski definition) is 8. The van der Waals surface area contributed by atoms with Crippen LogP contribution in [0.5, 0.6) is 0 Å². The summed E-state index contributed by atoms with van der Waals surface area (Å²) in [6.07, 6.45) is -0.691. The van der Waals surface area contributed by atoms with Crippen LogP contribution < -0.4 is 10.6 Å². The van der Waals surface area contributed by atoms with E-state index in [1.165, 1.54) is 17.8 Å². The van der Waals surface area contributed by atoms with Crippen LogP contribution in [0.1, 0.15) is 26.5 Å². The molecule has 10 heteroatoms. The van der Waals surface area contributed by atoms with Gasteiger partial charge >= 0.3 is 0 Å². The number of aliphatic hydroxyl groups is 2. The minimum atomic E-state index is -1.10. The minimum absolute atomic E-state index is 0.0408. The van der Waals surface area contributed by atoms with Crippen LogP contribution in [0.3, 0.4) is 0 Å². The summed E-state index contributed by atoms with van der Waals surface area (Å²) < 4.78 is 20.4. The van der Waals surface area contributed by atoms with Gasteiger partial charge in [-0.1, -0.05) is 6.92 Å². The summed E-state index contributed by atoms with van der Waals surface area (Å²) in [5, 5.41) is 18.9. The van der Waals surface area contributed by atoms with Gasteiger partial charge in [0.05, 0.1) is 19.0 Å². The highest BCUT2D eigenvalue weighted by molar-refractivity contribution is 5.84. The number of aromatic nitrogens is 4. The van der Waals surface area contributed by atoms with E-state index in [9.17, 15) is 14.6 Å². The van der Waals surface area contributed by atoms with Gasteiger partial charge in [-0.25, -0.2) is 9.37 Å². The standard InChI is InChI=1S/C15H25FN6O3/c1-4-5-21(3)13-12-14(20-15(17)19-13)22(8-18-12)11(6-16)25-10(7-23)9(2)24/h8-11,23-24H,4-7H2,1-3H3,(H2,17,19,20)/t9-,10?,11+/m0/s1. The number of aliphatic hydroxyl groups excluding tert-OH is 2. The fourth-order valence-corrected chi connectivity index (χ4v) is 2.52. The number of halogens is 1. The molecule has 3 atom stereocenters. The molecule has 2 aromatic rings. The first-order chi connectivity index (χ1) is 11.9. The van der Waals surface area contributed by atoms with Crippen LogP contribution in [0.25, 0.3) is 11.2 Å². The molecule has 0 spiro atoms. The summed E-state index contributed by atoms with van der Waals surface area (Å²) in [6.45, 7) is 2.91. The molecule has 2 rings (SSSR count). The number of imidazole rings is 1. The zero-order chi connectivity index (χ0) is 18.6. The molecule has 2 heterocycles. The summed E-state index contributed by atoms with van der Waals surface area (Å²) >= 11 is 0. The number of anilines is 2. The first kappa shape index (κ1) is 19.3. The average molecular weight is 356 g/mol. The van der Waals surface area contributed by atoms with E-state index in [0.29, 0.717) is 17.0 Å². The van der Waals surface area contributed by atoms with Crippen molar-refractivity contribution >= 4 is 22.9 Å².